The van der Waals surface area contributed by atoms with Crippen molar-refractivity contribution in [3.8, 4) is 11.4 Å². The van der Waals surface area contributed by atoms with E-state index in [1.54, 1.807) is 0 Å². The molecule has 3 rings (SSSR count). The van der Waals surface area contributed by atoms with E-state index >= 15 is 0 Å². The number of nitrogens with one attached hydrogen (secondary N) is 1. The van der Waals surface area contributed by atoms with Crippen molar-refractivity contribution in [3.63, 3.8) is 0 Å². The van der Waals surface area contributed by atoms with Gasteiger partial charge in [-0.1, -0.05) is 24.3 Å². The molecule has 2 heterocycles. The molecule has 1 fully saturated rings. The summed E-state index contributed by atoms with van der Waals surface area (Å²) < 4.78 is 12.9. The molecule has 0 radical (unpaired) electrons. The van der Waals surface area contributed by atoms with E-state index in [2.05, 4.69) is 15.3 Å². The minimum Gasteiger partial charge on any atom is -0.354 e. The predicted octanol–water partition coefficient (Wildman–Crippen LogP) is 1.95. The largest absolute Gasteiger partial charge is 0.354 e. The number of halogens is 1. The maximum Gasteiger partial charge on any atom is 0.227 e. The average Bonchev–Trinajstić information content (AvgIpc) is 2.65. The summed E-state index contributed by atoms with van der Waals surface area (Å²) in [6.07, 6.45) is 5.00. The molecule has 1 N–H and O–H groups in total. The summed E-state index contributed by atoms with van der Waals surface area (Å²) >= 11 is 0. The SMILES string of the molecule is C[C@H]1CC[C@@H](NC=O)CN1C(=O)Cc1ccc(-c2ncc(F)cn2)cc1. The Kier molecular flexibility index (Phi) is 5.55. The third kappa shape index (κ3) is 4.22. The number of aromatic nitrogens is 2. The van der Waals surface area contributed by atoms with Crippen LogP contribution in [0.1, 0.15) is 25.3 Å². The van der Waals surface area contributed by atoms with Gasteiger partial charge >= 0.3 is 0 Å². The van der Waals surface area contributed by atoms with Crippen molar-refractivity contribution in [2.45, 2.75) is 38.3 Å². The second-order valence-electron chi connectivity index (χ2n) is 6.55. The Balaban J connectivity index is 1.65. The fraction of sp³-hybridized carbons (Fsp3) is 0.368. The van der Waals surface area contributed by atoms with Crippen molar-refractivity contribution < 1.29 is 14.0 Å². The molecule has 1 aliphatic rings. The monoisotopic (exact) mass is 356 g/mol. The van der Waals surface area contributed by atoms with E-state index in [0.717, 1.165) is 36.4 Å². The minimum atomic E-state index is -0.478. The van der Waals surface area contributed by atoms with E-state index in [-0.39, 0.29) is 18.0 Å². The summed E-state index contributed by atoms with van der Waals surface area (Å²) in [7, 11) is 0. The first-order chi connectivity index (χ1) is 12.6. The summed E-state index contributed by atoms with van der Waals surface area (Å²) in [5, 5.41) is 2.77. The zero-order chi connectivity index (χ0) is 18.5. The van der Waals surface area contributed by atoms with E-state index in [1.807, 2.05) is 36.1 Å². The van der Waals surface area contributed by atoms with Gasteiger partial charge in [0, 0.05) is 24.2 Å². The Morgan fingerprint density at radius 3 is 2.62 bits per heavy atom. The molecular formula is C19H21FN4O2. The molecule has 26 heavy (non-hydrogen) atoms. The Morgan fingerprint density at radius 2 is 1.96 bits per heavy atom. The lowest BCUT2D eigenvalue weighted by atomic mass is 9.98. The van der Waals surface area contributed by atoms with Gasteiger partial charge in [0.15, 0.2) is 11.6 Å². The molecule has 7 heteroatoms. The Hall–Kier alpha value is -2.83. The van der Waals surface area contributed by atoms with Gasteiger partial charge in [-0.25, -0.2) is 14.4 Å². The first-order valence-corrected chi connectivity index (χ1v) is 8.63. The van der Waals surface area contributed by atoms with Crippen LogP contribution < -0.4 is 5.32 Å². The number of hydrogen-bond acceptors (Lipinski definition) is 4. The fourth-order valence-corrected chi connectivity index (χ4v) is 3.20. The van der Waals surface area contributed by atoms with Crippen LogP contribution in [0.3, 0.4) is 0 Å². The molecule has 1 saturated heterocycles. The van der Waals surface area contributed by atoms with Crippen molar-refractivity contribution in [1.29, 1.82) is 0 Å². The zero-order valence-electron chi connectivity index (χ0n) is 14.6. The highest BCUT2D eigenvalue weighted by Gasteiger charge is 2.28. The predicted molar refractivity (Wildman–Crippen MR) is 94.5 cm³/mol. The smallest absolute Gasteiger partial charge is 0.227 e. The molecule has 2 atom stereocenters. The molecule has 136 valence electrons. The number of benzene rings is 1. The molecule has 1 aromatic carbocycles. The van der Waals surface area contributed by atoms with Crippen molar-refractivity contribution in [2.75, 3.05) is 6.54 Å². The zero-order valence-corrected chi connectivity index (χ0v) is 14.6. The van der Waals surface area contributed by atoms with Crippen LogP contribution in [0.5, 0.6) is 0 Å². The van der Waals surface area contributed by atoms with Crippen LogP contribution >= 0.6 is 0 Å². The van der Waals surface area contributed by atoms with Gasteiger partial charge in [-0.2, -0.15) is 0 Å². The molecular weight excluding hydrogens is 335 g/mol. The summed E-state index contributed by atoms with van der Waals surface area (Å²) in [5.74, 6) is 0.00591. The number of carbonyl (C=O) groups excluding carboxylic acids is 2. The number of hydrogen-bond donors (Lipinski definition) is 1. The van der Waals surface area contributed by atoms with Crippen molar-refractivity contribution in [2.24, 2.45) is 0 Å². The lowest BCUT2D eigenvalue weighted by molar-refractivity contribution is -0.134. The molecule has 2 amide bonds. The Morgan fingerprint density at radius 1 is 1.27 bits per heavy atom. The van der Waals surface area contributed by atoms with Crippen LogP contribution in [0.4, 0.5) is 4.39 Å². The van der Waals surface area contributed by atoms with Gasteiger partial charge in [-0.05, 0) is 25.3 Å². The van der Waals surface area contributed by atoms with Crippen LogP contribution in [0.15, 0.2) is 36.7 Å². The van der Waals surface area contributed by atoms with Crippen LogP contribution in [-0.2, 0) is 16.0 Å². The highest BCUT2D eigenvalue weighted by molar-refractivity contribution is 5.79. The van der Waals surface area contributed by atoms with Crippen LogP contribution in [-0.4, -0.2) is 45.8 Å². The number of likely N-dealkylation sites (tertiary alicyclic amines) is 1. The van der Waals surface area contributed by atoms with E-state index in [9.17, 15) is 14.0 Å². The van der Waals surface area contributed by atoms with Crippen LogP contribution in [0, 0.1) is 5.82 Å². The van der Waals surface area contributed by atoms with Gasteiger partial charge in [-0.15, -0.1) is 0 Å². The van der Waals surface area contributed by atoms with Crippen molar-refractivity contribution >= 4 is 12.3 Å². The van der Waals surface area contributed by atoms with Gasteiger partial charge in [0.2, 0.25) is 12.3 Å². The highest BCUT2D eigenvalue weighted by Crippen LogP contribution is 2.20. The normalized spacial score (nSPS) is 19.8. The summed E-state index contributed by atoms with van der Waals surface area (Å²) in [6.45, 7) is 2.57. The summed E-state index contributed by atoms with van der Waals surface area (Å²) in [5.41, 5.74) is 1.65. The third-order valence-electron chi connectivity index (χ3n) is 4.69. The van der Waals surface area contributed by atoms with E-state index in [0.29, 0.717) is 25.2 Å². The van der Waals surface area contributed by atoms with Gasteiger partial charge in [0.1, 0.15) is 0 Å². The van der Waals surface area contributed by atoms with Gasteiger partial charge < -0.3 is 10.2 Å². The van der Waals surface area contributed by atoms with E-state index in [4.69, 9.17) is 0 Å². The average molecular weight is 356 g/mol. The second-order valence-corrected chi connectivity index (χ2v) is 6.55. The molecule has 0 bridgehead atoms. The third-order valence-corrected chi connectivity index (χ3v) is 4.69. The first-order valence-electron chi connectivity index (χ1n) is 8.63. The second kappa shape index (κ2) is 8.03. The molecule has 1 aliphatic heterocycles. The first kappa shape index (κ1) is 18.0. The lowest BCUT2D eigenvalue weighted by Gasteiger charge is -2.38. The van der Waals surface area contributed by atoms with Gasteiger partial charge in [0.25, 0.3) is 0 Å². The maximum atomic E-state index is 12.9. The van der Waals surface area contributed by atoms with Crippen LogP contribution in [0.25, 0.3) is 11.4 Å². The number of carbonyl (C=O) groups is 2. The quantitative estimate of drug-likeness (QED) is 0.831. The molecule has 0 saturated carbocycles. The standard InChI is InChI=1S/C19H21FN4O2/c1-13-2-7-17(23-12-25)11-24(13)18(26)8-14-3-5-15(6-4-14)19-21-9-16(20)10-22-19/h3-6,9-10,12-13,17H,2,7-8,11H2,1H3,(H,23,25)/t13-,17+/m0/s1. The summed E-state index contributed by atoms with van der Waals surface area (Å²) in [4.78, 5) is 33.0. The minimum absolute atomic E-state index is 0.0191. The Bertz CT molecular complexity index is 764. The Labute approximate surface area is 151 Å². The van der Waals surface area contributed by atoms with E-state index < -0.39 is 5.82 Å². The molecule has 1 aromatic heterocycles. The van der Waals surface area contributed by atoms with Gasteiger partial charge in [-0.3, -0.25) is 9.59 Å². The lowest BCUT2D eigenvalue weighted by Crippen LogP contribution is -2.52. The van der Waals surface area contributed by atoms with Crippen molar-refractivity contribution in [3.05, 3.63) is 48.0 Å². The fourth-order valence-electron chi connectivity index (χ4n) is 3.20. The molecule has 2 aromatic rings. The molecule has 0 aliphatic carbocycles. The molecule has 0 unspecified atom stereocenters. The van der Waals surface area contributed by atoms with Crippen LogP contribution in [0.2, 0.25) is 0 Å². The molecule has 6 nitrogen and oxygen atoms in total. The number of amides is 2. The maximum absolute atomic E-state index is 12.9. The van der Waals surface area contributed by atoms with Crippen molar-refractivity contribution in [1.82, 2.24) is 20.2 Å². The number of rotatable bonds is 5. The molecule has 0 spiro atoms. The number of piperidine rings is 1. The topological polar surface area (TPSA) is 75.2 Å². The number of nitrogens with zero attached hydrogens (tertiary/aromatic N) is 3. The highest BCUT2D eigenvalue weighted by atomic mass is 19.1. The summed E-state index contributed by atoms with van der Waals surface area (Å²) in [6, 6.07) is 7.55. The van der Waals surface area contributed by atoms with Gasteiger partial charge in [0.05, 0.1) is 18.8 Å². The van der Waals surface area contributed by atoms with E-state index in [1.165, 1.54) is 0 Å².